The van der Waals surface area contributed by atoms with Crippen molar-refractivity contribution < 1.29 is 9.47 Å². The van der Waals surface area contributed by atoms with Gasteiger partial charge in [0, 0.05) is 31.3 Å². The average molecular weight is 285 g/mol. The number of aromatic nitrogens is 1. The van der Waals surface area contributed by atoms with Crippen LogP contribution in [0.4, 0.5) is 11.4 Å². The first kappa shape index (κ1) is 12.9. The molecule has 21 heavy (non-hydrogen) atoms. The second-order valence-corrected chi connectivity index (χ2v) is 5.67. The molecule has 1 aromatic heterocycles. The zero-order valence-electron chi connectivity index (χ0n) is 11.9. The number of hydrogen-bond acceptors (Lipinski definition) is 5. The van der Waals surface area contributed by atoms with Crippen LogP contribution < -0.4 is 10.6 Å². The molecule has 2 fully saturated rings. The standard InChI is InChI=1S/C16H19N3O2/c17-13-11-18-14-4-2-1-3-12(14)15(13)19-7-5-16(6-8-19)20-9-10-21-16/h1-4,11H,5-10,17H2. The summed E-state index contributed by atoms with van der Waals surface area (Å²) in [5.41, 5.74) is 9.00. The van der Waals surface area contributed by atoms with E-state index in [1.54, 1.807) is 6.20 Å². The summed E-state index contributed by atoms with van der Waals surface area (Å²) in [4.78, 5) is 6.74. The van der Waals surface area contributed by atoms with Gasteiger partial charge in [-0.3, -0.25) is 4.98 Å². The Balaban J connectivity index is 1.67. The molecule has 4 rings (SSSR count). The molecular formula is C16H19N3O2. The Bertz CT molecular complexity index is 658. The predicted octanol–water partition coefficient (Wildman–Crippen LogP) is 2.16. The van der Waals surface area contributed by atoms with Crippen molar-refractivity contribution >= 4 is 22.3 Å². The van der Waals surface area contributed by atoms with E-state index in [0.717, 1.165) is 48.2 Å². The highest BCUT2D eigenvalue weighted by Gasteiger charge is 2.40. The maximum Gasteiger partial charge on any atom is 0.171 e. The first-order chi connectivity index (χ1) is 10.3. The van der Waals surface area contributed by atoms with Crippen LogP contribution in [0.25, 0.3) is 10.9 Å². The van der Waals surface area contributed by atoms with Crippen LogP contribution in [-0.2, 0) is 9.47 Å². The zero-order valence-corrected chi connectivity index (χ0v) is 11.9. The van der Waals surface area contributed by atoms with Gasteiger partial charge in [0.1, 0.15) is 0 Å². The molecule has 3 heterocycles. The lowest BCUT2D eigenvalue weighted by molar-refractivity contribution is -0.169. The molecule has 2 aliphatic heterocycles. The predicted molar refractivity (Wildman–Crippen MR) is 82.2 cm³/mol. The van der Waals surface area contributed by atoms with Crippen molar-refractivity contribution in [3.63, 3.8) is 0 Å². The summed E-state index contributed by atoms with van der Waals surface area (Å²) in [6.07, 6.45) is 3.51. The molecule has 0 bridgehead atoms. The van der Waals surface area contributed by atoms with Crippen molar-refractivity contribution in [2.24, 2.45) is 0 Å². The lowest BCUT2D eigenvalue weighted by atomic mass is 10.0. The number of nitrogens with zero attached hydrogens (tertiary/aromatic N) is 2. The topological polar surface area (TPSA) is 60.6 Å². The third-order valence-corrected chi connectivity index (χ3v) is 4.43. The maximum atomic E-state index is 6.20. The van der Waals surface area contributed by atoms with Crippen molar-refractivity contribution in [2.75, 3.05) is 36.9 Å². The highest BCUT2D eigenvalue weighted by Crippen LogP contribution is 2.37. The second-order valence-electron chi connectivity index (χ2n) is 5.67. The molecule has 0 aliphatic carbocycles. The molecule has 1 aromatic carbocycles. The third kappa shape index (κ3) is 2.13. The third-order valence-electron chi connectivity index (χ3n) is 4.43. The van der Waals surface area contributed by atoms with E-state index < -0.39 is 0 Å². The van der Waals surface area contributed by atoms with Gasteiger partial charge in [0.15, 0.2) is 5.79 Å². The summed E-state index contributed by atoms with van der Waals surface area (Å²) in [5, 5.41) is 1.11. The van der Waals surface area contributed by atoms with E-state index in [1.165, 1.54) is 0 Å². The largest absolute Gasteiger partial charge is 0.396 e. The molecule has 0 amide bonds. The number of fused-ring (bicyclic) bond motifs is 1. The molecule has 2 aromatic rings. The van der Waals surface area contributed by atoms with Gasteiger partial charge in [-0.1, -0.05) is 18.2 Å². The summed E-state index contributed by atoms with van der Waals surface area (Å²) in [5.74, 6) is -0.353. The fourth-order valence-electron chi connectivity index (χ4n) is 3.35. The SMILES string of the molecule is Nc1cnc2ccccc2c1N1CCC2(CC1)OCCO2. The maximum absolute atomic E-state index is 6.20. The van der Waals surface area contributed by atoms with Crippen LogP contribution in [-0.4, -0.2) is 37.1 Å². The lowest BCUT2D eigenvalue weighted by Gasteiger charge is -2.39. The summed E-state index contributed by atoms with van der Waals surface area (Å²) in [6.45, 7) is 3.19. The number of pyridine rings is 1. The molecule has 0 saturated carbocycles. The quantitative estimate of drug-likeness (QED) is 0.870. The molecule has 0 unspecified atom stereocenters. The summed E-state index contributed by atoms with van der Waals surface area (Å²) in [6, 6.07) is 8.14. The minimum atomic E-state index is -0.353. The van der Waals surface area contributed by atoms with Crippen LogP contribution in [0, 0.1) is 0 Å². The second kappa shape index (κ2) is 4.86. The fraction of sp³-hybridized carbons (Fsp3) is 0.438. The van der Waals surface area contributed by atoms with E-state index in [2.05, 4.69) is 16.0 Å². The van der Waals surface area contributed by atoms with E-state index in [1.807, 2.05) is 18.2 Å². The fourth-order valence-corrected chi connectivity index (χ4v) is 3.35. The Morgan fingerprint density at radius 3 is 2.57 bits per heavy atom. The number of nitrogen functional groups attached to an aromatic ring is 1. The molecule has 110 valence electrons. The monoisotopic (exact) mass is 285 g/mol. The molecule has 0 atom stereocenters. The van der Waals surface area contributed by atoms with E-state index in [0.29, 0.717) is 13.2 Å². The number of ether oxygens (including phenoxy) is 2. The molecule has 1 spiro atoms. The van der Waals surface area contributed by atoms with Crippen LogP contribution in [0.2, 0.25) is 0 Å². The van der Waals surface area contributed by atoms with Gasteiger partial charge in [0.05, 0.1) is 36.3 Å². The van der Waals surface area contributed by atoms with Crippen molar-refractivity contribution in [2.45, 2.75) is 18.6 Å². The zero-order chi connectivity index (χ0) is 14.3. The van der Waals surface area contributed by atoms with Gasteiger partial charge in [-0.25, -0.2) is 0 Å². The highest BCUT2D eigenvalue weighted by molar-refractivity contribution is 5.97. The molecule has 2 N–H and O–H groups in total. The van der Waals surface area contributed by atoms with Crippen molar-refractivity contribution in [1.82, 2.24) is 4.98 Å². The van der Waals surface area contributed by atoms with Gasteiger partial charge < -0.3 is 20.1 Å². The molecular weight excluding hydrogens is 266 g/mol. The van der Waals surface area contributed by atoms with Gasteiger partial charge in [-0.15, -0.1) is 0 Å². The first-order valence-electron chi connectivity index (χ1n) is 7.44. The normalized spacial score (nSPS) is 21.2. The smallest absolute Gasteiger partial charge is 0.171 e. The highest BCUT2D eigenvalue weighted by atomic mass is 16.7. The number of rotatable bonds is 1. The molecule has 5 nitrogen and oxygen atoms in total. The number of hydrogen-bond donors (Lipinski definition) is 1. The van der Waals surface area contributed by atoms with Crippen LogP contribution in [0.15, 0.2) is 30.5 Å². The van der Waals surface area contributed by atoms with Gasteiger partial charge in [0.2, 0.25) is 0 Å². The van der Waals surface area contributed by atoms with E-state index in [4.69, 9.17) is 15.2 Å². The minimum Gasteiger partial charge on any atom is -0.396 e. The Labute approximate surface area is 123 Å². The van der Waals surface area contributed by atoms with E-state index >= 15 is 0 Å². The summed E-state index contributed by atoms with van der Waals surface area (Å²) >= 11 is 0. The number of nitrogens with two attached hydrogens (primary N) is 1. The van der Waals surface area contributed by atoms with Gasteiger partial charge in [-0.2, -0.15) is 0 Å². The lowest BCUT2D eigenvalue weighted by Crippen LogP contribution is -2.45. The molecule has 2 aliphatic rings. The van der Waals surface area contributed by atoms with Crippen molar-refractivity contribution in [1.29, 1.82) is 0 Å². The Morgan fingerprint density at radius 2 is 1.81 bits per heavy atom. The van der Waals surface area contributed by atoms with Crippen LogP contribution in [0.3, 0.4) is 0 Å². The number of piperidine rings is 1. The molecule has 0 radical (unpaired) electrons. The summed E-state index contributed by atoms with van der Waals surface area (Å²) < 4.78 is 11.6. The Morgan fingerprint density at radius 1 is 1.10 bits per heavy atom. The van der Waals surface area contributed by atoms with Crippen LogP contribution >= 0.6 is 0 Å². The van der Waals surface area contributed by atoms with Gasteiger partial charge >= 0.3 is 0 Å². The first-order valence-corrected chi connectivity index (χ1v) is 7.44. The van der Waals surface area contributed by atoms with Gasteiger partial charge in [-0.05, 0) is 6.07 Å². The Kier molecular flexibility index (Phi) is 2.97. The van der Waals surface area contributed by atoms with Gasteiger partial charge in [0.25, 0.3) is 0 Å². The molecule has 5 heteroatoms. The van der Waals surface area contributed by atoms with Crippen molar-refractivity contribution in [3.05, 3.63) is 30.5 Å². The van der Waals surface area contributed by atoms with Crippen LogP contribution in [0.5, 0.6) is 0 Å². The number of anilines is 2. The minimum absolute atomic E-state index is 0.353. The number of benzene rings is 1. The van der Waals surface area contributed by atoms with E-state index in [9.17, 15) is 0 Å². The Hall–Kier alpha value is -1.85. The van der Waals surface area contributed by atoms with E-state index in [-0.39, 0.29) is 5.79 Å². The number of para-hydroxylation sites is 1. The van der Waals surface area contributed by atoms with Crippen molar-refractivity contribution in [3.8, 4) is 0 Å². The van der Waals surface area contributed by atoms with Crippen LogP contribution in [0.1, 0.15) is 12.8 Å². The molecule has 2 saturated heterocycles. The summed E-state index contributed by atoms with van der Waals surface area (Å²) in [7, 11) is 0. The average Bonchev–Trinajstić information content (AvgIpc) is 2.97.